The van der Waals surface area contributed by atoms with Crippen molar-refractivity contribution in [2.75, 3.05) is 6.61 Å². The van der Waals surface area contributed by atoms with Gasteiger partial charge in [-0.3, -0.25) is 4.79 Å². The molecule has 0 bridgehead atoms. The Balaban J connectivity index is 1.59. The summed E-state index contributed by atoms with van der Waals surface area (Å²) in [4.78, 5) is 20.4. The van der Waals surface area contributed by atoms with E-state index in [0.29, 0.717) is 18.0 Å². The molecule has 122 valence electrons. The lowest BCUT2D eigenvalue weighted by atomic mass is 10.2. The quantitative estimate of drug-likeness (QED) is 0.749. The molecule has 0 unspecified atom stereocenters. The zero-order valence-electron chi connectivity index (χ0n) is 13.2. The fraction of sp³-hybridized carbons (Fsp3) is 0.176. The van der Waals surface area contributed by atoms with Crippen molar-refractivity contribution in [2.24, 2.45) is 0 Å². The molecule has 1 N–H and O–H groups in total. The predicted octanol–water partition coefficient (Wildman–Crippen LogP) is 1.86. The van der Waals surface area contributed by atoms with Crippen LogP contribution in [0.1, 0.15) is 17.3 Å². The van der Waals surface area contributed by atoms with Crippen LogP contribution in [0.2, 0.25) is 0 Å². The van der Waals surface area contributed by atoms with Gasteiger partial charge in [-0.1, -0.05) is 18.2 Å². The van der Waals surface area contributed by atoms with E-state index in [4.69, 9.17) is 4.74 Å². The van der Waals surface area contributed by atoms with Crippen molar-refractivity contribution < 1.29 is 9.53 Å². The standard InChI is InChI=1S/C17H17N5O2/c1-13(10-24-15-5-3-2-4-6-15)21-17(23)14-7-8-19-16(9-14)22-12-18-11-20-22/h2-9,11-13H,10H2,1H3,(H,21,23)/t13-/m1/s1. The minimum Gasteiger partial charge on any atom is -0.491 e. The maximum atomic E-state index is 12.3. The first-order valence-electron chi connectivity index (χ1n) is 7.52. The van der Waals surface area contributed by atoms with E-state index < -0.39 is 0 Å². The first kappa shape index (κ1) is 15.7. The van der Waals surface area contributed by atoms with Crippen LogP contribution in [0.4, 0.5) is 0 Å². The lowest BCUT2D eigenvalue weighted by Gasteiger charge is -2.15. The third kappa shape index (κ3) is 3.95. The highest BCUT2D eigenvalue weighted by Crippen LogP contribution is 2.09. The van der Waals surface area contributed by atoms with Crippen LogP contribution in [0, 0.1) is 0 Å². The van der Waals surface area contributed by atoms with E-state index >= 15 is 0 Å². The van der Waals surface area contributed by atoms with Crippen LogP contribution in [-0.2, 0) is 0 Å². The van der Waals surface area contributed by atoms with Crippen molar-refractivity contribution in [3.05, 3.63) is 66.9 Å². The minimum atomic E-state index is -0.192. The highest BCUT2D eigenvalue weighted by Gasteiger charge is 2.12. The van der Waals surface area contributed by atoms with E-state index in [1.165, 1.54) is 17.3 Å². The van der Waals surface area contributed by atoms with E-state index in [9.17, 15) is 4.79 Å². The van der Waals surface area contributed by atoms with Gasteiger partial charge in [-0.05, 0) is 31.2 Å². The fourth-order valence-corrected chi connectivity index (χ4v) is 2.10. The predicted molar refractivity (Wildman–Crippen MR) is 88.0 cm³/mol. The summed E-state index contributed by atoms with van der Waals surface area (Å²) in [5.41, 5.74) is 0.502. The summed E-state index contributed by atoms with van der Waals surface area (Å²) >= 11 is 0. The number of aromatic nitrogens is 4. The minimum absolute atomic E-state index is 0.138. The second kappa shape index (κ2) is 7.36. The van der Waals surface area contributed by atoms with Crippen LogP contribution in [0.25, 0.3) is 5.82 Å². The van der Waals surface area contributed by atoms with E-state index in [-0.39, 0.29) is 11.9 Å². The van der Waals surface area contributed by atoms with E-state index in [2.05, 4.69) is 20.4 Å². The fourth-order valence-electron chi connectivity index (χ4n) is 2.10. The van der Waals surface area contributed by atoms with Crippen molar-refractivity contribution in [1.82, 2.24) is 25.1 Å². The average molecular weight is 323 g/mol. The third-order valence-electron chi connectivity index (χ3n) is 3.28. The molecule has 2 heterocycles. The van der Waals surface area contributed by atoms with Gasteiger partial charge in [-0.2, -0.15) is 5.10 Å². The van der Waals surface area contributed by atoms with Crippen LogP contribution in [0.3, 0.4) is 0 Å². The molecule has 7 nitrogen and oxygen atoms in total. The van der Waals surface area contributed by atoms with Gasteiger partial charge >= 0.3 is 0 Å². The highest BCUT2D eigenvalue weighted by atomic mass is 16.5. The molecule has 1 amide bonds. The summed E-state index contributed by atoms with van der Waals surface area (Å²) in [6.45, 7) is 2.27. The van der Waals surface area contributed by atoms with Gasteiger partial charge in [0.25, 0.3) is 5.91 Å². The monoisotopic (exact) mass is 323 g/mol. The molecule has 7 heteroatoms. The van der Waals surface area contributed by atoms with Crippen molar-refractivity contribution in [3.63, 3.8) is 0 Å². The zero-order chi connectivity index (χ0) is 16.8. The Kier molecular flexibility index (Phi) is 4.81. The van der Waals surface area contributed by atoms with Crippen molar-refractivity contribution >= 4 is 5.91 Å². The van der Waals surface area contributed by atoms with Crippen LogP contribution in [0.15, 0.2) is 61.3 Å². The molecule has 0 radical (unpaired) electrons. The third-order valence-corrected chi connectivity index (χ3v) is 3.28. The van der Waals surface area contributed by atoms with Gasteiger partial charge in [0.15, 0.2) is 5.82 Å². The molecule has 0 saturated carbocycles. The second-order valence-electron chi connectivity index (χ2n) is 5.24. The van der Waals surface area contributed by atoms with Gasteiger partial charge in [0.2, 0.25) is 0 Å². The van der Waals surface area contributed by atoms with Crippen molar-refractivity contribution in [2.45, 2.75) is 13.0 Å². The average Bonchev–Trinajstić information content (AvgIpc) is 3.16. The largest absolute Gasteiger partial charge is 0.491 e. The molecule has 1 atom stereocenters. The molecule has 1 aromatic carbocycles. The Hall–Kier alpha value is -3.22. The summed E-state index contributed by atoms with van der Waals surface area (Å²) in [6.07, 6.45) is 4.51. The Labute approximate surface area is 139 Å². The molecule has 0 aliphatic heterocycles. The van der Waals surface area contributed by atoms with Gasteiger partial charge in [-0.25, -0.2) is 14.6 Å². The van der Waals surface area contributed by atoms with E-state index in [1.807, 2.05) is 37.3 Å². The molecule has 0 saturated heterocycles. The number of nitrogens with zero attached hydrogens (tertiary/aromatic N) is 4. The Morgan fingerprint density at radius 2 is 2.12 bits per heavy atom. The van der Waals surface area contributed by atoms with Gasteiger partial charge in [0, 0.05) is 11.8 Å². The maximum absolute atomic E-state index is 12.3. The Morgan fingerprint density at radius 1 is 1.29 bits per heavy atom. The second-order valence-corrected chi connectivity index (χ2v) is 5.24. The van der Waals surface area contributed by atoms with Gasteiger partial charge in [-0.15, -0.1) is 0 Å². The number of hydrogen-bond donors (Lipinski definition) is 1. The number of ether oxygens (including phenoxy) is 1. The number of amides is 1. The van der Waals surface area contributed by atoms with E-state index in [0.717, 1.165) is 5.75 Å². The number of benzene rings is 1. The number of pyridine rings is 1. The molecule has 0 aliphatic carbocycles. The Morgan fingerprint density at radius 3 is 2.88 bits per heavy atom. The number of nitrogens with one attached hydrogen (secondary N) is 1. The SMILES string of the molecule is C[C@H](COc1ccccc1)NC(=O)c1ccnc(-n2cncn2)c1. The van der Waals surface area contributed by atoms with Crippen LogP contribution >= 0.6 is 0 Å². The number of carbonyl (C=O) groups excluding carboxylic acids is 1. The molecule has 0 aliphatic rings. The number of rotatable bonds is 6. The highest BCUT2D eigenvalue weighted by molar-refractivity contribution is 5.94. The lowest BCUT2D eigenvalue weighted by molar-refractivity contribution is 0.0926. The summed E-state index contributed by atoms with van der Waals surface area (Å²) in [7, 11) is 0. The number of para-hydroxylation sites is 1. The van der Waals surface area contributed by atoms with Gasteiger partial charge in [0.05, 0.1) is 6.04 Å². The van der Waals surface area contributed by atoms with Crippen LogP contribution < -0.4 is 10.1 Å². The van der Waals surface area contributed by atoms with Gasteiger partial charge < -0.3 is 10.1 Å². The maximum Gasteiger partial charge on any atom is 0.251 e. The molecule has 24 heavy (non-hydrogen) atoms. The summed E-state index contributed by atoms with van der Waals surface area (Å²) < 4.78 is 7.14. The number of hydrogen-bond acceptors (Lipinski definition) is 5. The van der Waals surface area contributed by atoms with Gasteiger partial charge in [0.1, 0.15) is 25.0 Å². The van der Waals surface area contributed by atoms with Crippen molar-refractivity contribution in [1.29, 1.82) is 0 Å². The lowest BCUT2D eigenvalue weighted by Crippen LogP contribution is -2.36. The molecule has 3 rings (SSSR count). The molecule has 2 aromatic heterocycles. The molecule has 3 aromatic rings. The normalized spacial score (nSPS) is 11.7. The van der Waals surface area contributed by atoms with Crippen molar-refractivity contribution in [3.8, 4) is 11.6 Å². The zero-order valence-corrected chi connectivity index (χ0v) is 13.2. The van der Waals surface area contributed by atoms with Crippen LogP contribution in [-0.4, -0.2) is 38.3 Å². The molecular formula is C17H17N5O2. The number of carbonyl (C=O) groups is 1. The topological polar surface area (TPSA) is 81.9 Å². The summed E-state index contributed by atoms with van der Waals surface area (Å²) in [6, 6.07) is 12.7. The summed E-state index contributed by atoms with van der Waals surface area (Å²) in [5, 5.41) is 6.90. The summed E-state index contributed by atoms with van der Waals surface area (Å²) in [5.74, 6) is 1.12. The van der Waals surface area contributed by atoms with E-state index in [1.54, 1.807) is 18.3 Å². The molecule has 0 spiro atoms. The smallest absolute Gasteiger partial charge is 0.251 e. The first-order valence-corrected chi connectivity index (χ1v) is 7.52. The Bertz CT molecular complexity index is 790. The molecular weight excluding hydrogens is 306 g/mol. The molecule has 0 fully saturated rings. The first-order chi connectivity index (χ1) is 11.7. The van der Waals surface area contributed by atoms with Crippen LogP contribution in [0.5, 0.6) is 5.75 Å².